The number of hydrogen-bond acceptors (Lipinski definition) is 7. The minimum atomic E-state index is -0.615. The molecule has 0 unspecified atom stereocenters. The van der Waals surface area contributed by atoms with Gasteiger partial charge in [0, 0.05) is 43.3 Å². The third-order valence-electron chi connectivity index (χ3n) is 4.09. The number of anilines is 1. The molecule has 0 aliphatic carbocycles. The van der Waals surface area contributed by atoms with Gasteiger partial charge < -0.3 is 16.4 Å². The lowest BCUT2D eigenvalue weighted by atomic mass is 9.96. The van der Waals surface area contributed by atoms with Crippen LogP contribution in [-0.2, 0) is 0 Å². The predicted octanol–water partition coefficient (Wildman–Crippen LogP) is 2.64. The summed E-state index contributed by atoms with van der Waals surface area (Å²) in [7, 11) is 1.64. The van der Waals surface area contributed by atoms with Crippen molar-refractivity contribution in [1.82, 2.24) is 15.3 Å². The van der Waals surface area contributed by atoms with Crippen molar-refractivity contribution in [2.24, 2.45) is 16.1 Å². The number of nitrogens with zero attached hydrogens (tertiary/aromatic N) is 4. The van der Waals surface area contributed by atoms with Gasteiger partial charge in [-0.15, -0.1) is 0 Å². The molecule has 8 nitrogen and oxygen atoms in total. The van der Waals surface area contributed by atoms with Gasteiger partial charge in [-0.1, -0.05) is 12.1 Å². The molecule has 0 aliphatic rings. The van der Waals surface area contributed by atoms with E-state index in [0.717, 1.165) is 16.8 Å². The minimum Gasteiger partial charge on any atom is -0.403 e. The number of nitrogens with one attached hydrogen (secondary N) is 2. The van der Waals surface area contributed by atoms with Gasteiger partial charge in [-0.05, 0) is 38.5 Å². The first-order valence-electron chi connectivity index (χ1n) is 9.04. The summed E-state index contributed by atoms with van der Waals surface area (Å²) in [4.78, 5) is 25.0. The molecule has 150 valence electrons. The lowest BCUT2D eigenvalue weighted by Crippen LogP contribution is -2.33. The summed E-state index contributed by atoms with van der Waals surface area (Å²) in [6.45, 7) is 5.74. The van der Waals surface area contributed by atoms with Gasteiger partial charge in [-0.25, -0.2) is 9.97 Å². The number of carbonyl (C=O) groups excluding carboxylic acids is 1. The average Bonchev–Trinajstić information content (AvgIpc) is 2.73. The zero-order valence-electron chi connectivity index (χ0n) is 17.0. The van der Waals surface area contributed by atoms with Crippen LogP contribution in [0.1, 0.15) is 29.8 Å². The van der Waals surface area contributed by atoms with Gasteiger partial charge in [0.15, 0.2) is 0 Å². The van der Waals surface area contributed by atoms with Crippen molar-refractivity contribution in [2.45, 2.75) is 20.8 Å². The first-order valence-corrected chi connectivity index (χ1v) is 9.04. The maximum absolute atomic E-state index is 12.3. The molecule has 0 aliphatic heterocycles. The van der Waals surface area contributed by atoms with E-state index >= 15 is 0 Å². The van der Waals surface area contributed by atoms with E-state index in [1.807, 2.05) is 19.1 Å². The molecule has 0 bridgehead atoms. The molecular formula is C21H25N7O. The summed E-state index contributed by atoms with van der Waals surface area (Å²) in [6, 6.07) is 9.28. The summed E-state index contributed by atoms with van der Waals surface area (Å²) in [5.41, 5.74) is 8.53. The quantitative estimate of drug-likeness (QED) is 0.622. The van der Waals surface area contributed by atoms with Gasteiger partial charge in [0.2, 0.25) is 5.95 Å². The molecule has 0 radical (unpaired) electrons. The van der Waals surface area contributed by atoms with E-state index in [9.17, 15) is 4.79 Å². The summed E-state index contributed by atoms with van der Waals surface area (Å²) >= 11 is 0. The normalized spacial score (nSPS) is 11.9. The van der Waals surface area contributed by atoms with Crippen LogP contribution in [0.15, 0.2) is 47.4 Å². The number of hydrogen-bond donors (Lipinski definition) is 3. The molecule has 1 aromatic carbocycles. The number of carbonyl (C=O) groups is 1. The van der Waals surface area contributed by atoms with E-state index in [1.165, 1.54) is 6.20 Å². The number of aliphatic imine (C=N–C) groups is 1. The zero-order chi connectivity index (χ0) is 21.4. The fourth-order valence-corrected chi connectivity index (χ4v) is 2.40. The van der Waals surface area contributed by atoms with Crippen molar-refractivity contribution in [3.05, 3.63) is 53.5 Å². The van der Waals surface area contributed by atoms with E-state index in [-0.39, 0.29) is 12.5 Å². The van der Waals surface area contributed by atoms with E-state index in [4.69, 9.17) is 11.0 Å². The largest absolute Gasteiger partial charge is 0.403 e. The van der Waals surface area contributed by atoms with E-state index < -0.39 is 5.41 Å². The number of nitrogens with two attached hydrogens (primary N) is 1. The SMILES string of the molecule is CN=C/C(=C\N)Nc1ncc(C)c(-c2ccc(C(=O)NCC(C)(C)C#N)cc2)n1. The first-order chi connectivity index (χ1) is 13.8. The molecule has 1 aromatic heterocycles. The molecule has 2 rings (SSSR count). The van der Waals surface area contributed by atoms with Crippen LogP contribution >= 0.6 is 0 Å². The minimum absolute atomic E-state index is 0.224. The topological polar surface area (TPSA) is 129 Å². The highest BCUT2D eigenvalue weighted by molar-refractivity contribution is 5.94. The Morgan fingerprint density at radius 1 is 1.34 bits per heavy atom. The van der Waals surface area contributed by atoms with Crippen LogP contribution in [0.5, 0.6) is 0 Å². The second-order valence-electron chi connectivity index (χ2n) is 7.12. The summed E-state index contributed by atoms with van der Waals surface area (Å²) in [5.74, 6) is 0.168. The van der Waals surface area contributed by atoms with Crippen LogP contribution in [0.4, 0.5) is 5.95 Å². The van der Waals surface area contributed by atoms with Gasteiger partial charge in [0.1, 0.15) is 0 Å². The molecule has 0 saturated carbocycles. The van der Waals surface area contributed by atoms with E-state index in [2.05, 4.69) is 31.7 Å². The Balaban J connectivity index is 2.20. The standard InChI is InChI=1S/C21H25N7O/c1-14-10-25-20(27-17(9-22)11-24-4)28-18(14)15-5-7-16(8-6-15)19(29)26-13-21(2,3)12-23/h5-11H,13,22H2,1-4H3,(H,26,29)(H,25,27,28)/b17-9+,24-11?. The average molecular weight is 391 g/mol. The highest BCUT2D eigenvalue weighted by atomic mass is 16.1. The van der Waals surface area contributed by atoms with Gasteiger partial charge in [-0.3, -0.25) is 9.79 Å². The summed E-state index contributed by atoms with van der Waals surface area (Å²) < 4.78 is 0. The highest BCUT2D eigenvalue weighted by Gasteiger charge is 2.18. The first kappa shape index (κ1) is 21.6. The number of nitriles is 1. The Hall–Kier alpha value is -3.73. The smallest absolute Gasteiger partial charge is 0.251 e. The molecule has 0 spiro atoms. The molecular weight excluding hydrogens is 366 g/mol. The Morgan fingerprint density at radius 3 is 2.62 bits per heavy atom. The number of rotatable bonds is 7. The fourth-order valence-electron chi connectivity index (χ4n) is 2.40. The predicted molar refractivity (Wildman–Crippen MR) is 114 cm³/mol. The van der Waals surface area contributed by atoms with Crippen molar-refractivity contribution in [1.29, 1.82) is 5.26 Å². The van der Waals surface area contributed by atoms with Crippen LogP contribution in [0.25, 0.3) is 11.3 Å². The Bertz CT molecular complexity index is 970. The maximum atomic E-state index is 12.3. The lowest BCUT2D eigenvalue weighted by molar-refractivity contribution is 0.0944. The Kier molecular flexibility index (Phi) is 7.04. The molecule has 4 N–H and O–H groups in total. The number of allylic oxidation sites excluding steroid dienone is 1. The molecule has 1 heterocycles. The van der Waals surface area contributed by atoms with Crippen molar-refractivity contribution in [3.63, 3.8) is 0 Å². The van der Waals surface area contributed by atoms with Crippen molar-refractivity contribution >= 4 is 18.1 Å². The Morgan fingerprint density at radius 2 is 2.03 bits per heavy atom. The van der Waals surface area contributed by atoms with Crippen LogP contribution in [0.2, 0.25) is 0 Å². The molecule has 8 heteroatoms. The lowest BCUT2D eigenvalue weighted by Gasteiger charge is -2.16. The highest BCUT2D eigenvalue weighted by Crippen LogP contribution is 2.22. The van der Waals surface area contributed by atoms with Crippen LogP contribution < -0.4 is 16.4 Å². The van der Waals surface area contributed by atoms with Crippen molar-refractivity contribution < 1.29 is 4.79 Å². The van der Waals surface area contributed by atoms with Gasteiger partial charge in [-0.2, -0.15) is 5.26 Å². The number of amides is 1. The third-order valence-corrected chi connectivity index (χ3v) is 4.09. The molecule has 0 atom stereocenters. The molecule has 0 fully saturated rings. The van der Waals surface area contributed by atoms with Crippen molar-refractivity contribution in [3.8, 4) is 17.3 Å². The second kappa shape index (κ2) is 9.46. The molecule has 0 saturated heterocycles. The fraction of sp³-hybridized carbons (Fsp3) is 0.286. The second-order valence-corrected chi connectivity index (χ2v) is 7.12. The van der Waals surface area contributed by atoms with Crippen LogP contribution in [0, 0.1) is 23.7 Å². The van der Waals surface area contributed by atoms with E-state index in [0.29, 0.717) is 17.2 Å². The summed E-state index contributed by atoms with van der Waals surface area (Å²) in [6.07, 6.45) is 4.67. The van der Waals surface area contributed by atoms with Gasteiger partial charge >= 0.3 is 0 Å². The van der Waals surface area contributed by atoms with Crippen molar-refractivity contribution in [2.75, 3.05) is 18.9 Å². The number of aryl methyl sites for hydroxylation is 1. The number of aromatic nitrogens is 2. The maximum Gasteiger partial charge on any atom is 0.251 e. The third kappa shape index (κ3) is 5.87. The zero-order valence-corrected chi connectivity index (χ0v) is 17.0. The van der Waals surface area contributed by atoms with Gasteiger partial charge in [0.25, 0.3) is 5.91 Å². The van der Waals surface area contributed by atoms with Gasteiger partial charge in [0.05, 0.1) is 22.9 Å². The monoisotopic (exact) mass is 391 g/mol. The molecule has 2 aromatic rings. The molecule has 1 amide bonds. The van der Waals surface area contributed by atoms with Crippen LogP contribution in [0.3, 0.4) is 0 Å². The summed E-state index contributed by atoms with van der Waals surface area (Å²) in [5, 5.41) is 14.8. The molecule has 29 heavy (non-hydrogen) atoms. The van der Waals surface area contributed by atoms with Crippen LogP contribution in [-0.4, -0.2) is 35.7 Å². The number of benzene rings is 1. The Labute approximate surface area is 170 Å². The van der Waals surface area contributed by atoms with E-state index in [1.54, 1.807) is 45.4 Å².